The molecule has 0 bridgehead atoms. The number of carbonyl (C=O) groups is 1. The van der Waals surface area contributed by atoms with Gasteiger partial charge in [0.2, 0.25) is 5.91 Å². The van der Waals surface area contributed by atoms with Crippen molar-refractivity contribution in [3.63, 3.8) is 0 Å². The largest absolute Gasteiger partial charge is 0.355 e. The molecule has 72 valence electrons. The van der Waals surface area contributed by atoms with Crippen LogP contribution in [0.1, 0.15) is 19.8 Å². The lowest BCUT2D eigenvalue weighted by Gasteiger charge is -2.04. The summed E-state index contributed by atoms with van der Waals surface area (Å²) in [6.45, 7) is 3.32. The Morgan fingerprint density at radius 3 is 2.69 bits per heavy atom. The molecule has 1 N–H and O–H groups in total. The highest BCUT2D eigenvalue weighted by Gasteiger charge is 1.99. The highest BCUT2D eigenvalue weighted by Crippen LogP contribution is 1.89. The molecule has 1 aromatic rings. The van der Waals surface area contributed by atoms with Crippen LogP contribution >= 0.6 is 0 Å². The maximum absolute atomic E-state index is 11.3. The minimum absolute atomic E-state index is 0.0876. The quantitative estimate of drug-likeness (QED) is 0.683. The van der Waals surface area contributed by atoms with Gasteiger partial charge in [-0.05, 0) is 18.6 Å². The van der Waals surface area contributed by atoms with Gasteiger partial charge >= 0.3 is 0 Å². The van der Waals surface area contributed by atoms with E-state index < -0.39 is 0 Å². The fraction of sp³-hybridized carbons (Fsp3) is 0.500. The lowest BCUT2D eigenvalue weighted by atomic mass is 10.3. The van der Waals surface area contributed by atoms with E-state index in [2.05, 4.69) is 12.2 Å². The Hall–Kier alpha value is -1.25. The molecule has 1 rings (SSSR count). The van der Waals surface area contributed by atoms with E-state index in [0.717, 1.165) is 19.4 Å². The number of aromatic nitrogens is 1. The number of nitrogens with zero attached hydrogens (tertiary/aromatic N) is 1. The van der Waals surface area contributed by atoms with Crippen LogP contribution in [-0.4, -0.2) is 17.0 Å². The minimum atomic E-state index is 0.0876. The third kappa shape index (κ3) is 3.78. The summed E-state index contributed by atoms with van der Waals surface area (Å²) in [6, 6.07) is 3.83. The normalized spacial score (nSPS) is 9.92. The fourth-order valence-electron chi connectivity index (χ4n) is 1.10. The van der Waals surface area contributed by atoms with Crippen molar-refractivity contribution in [2.75, 3.05) is 6.54 Å². The second-order valence-corrected chi connectivity index (χ2v) is 3.06. The molecule has 0 spiro atoms. The fourth-order valence-corrected chi connectivity index (χ4v) is 1.10. The van der Waals surface area contributed by atoms with Gasteiger partial charge in [-0.25, -0.2) is 0 Å². The van der Waals surface area contributed by atoms with Gasteiger partial charge in [0, 0.05) is 18.9 Å². The zero-order valence-corrected chi connectivity index (χ0v) is 7.99. The summed E-state index contributed by atoms with van der Waals surface area (Å²) in [4.78, 5) is 11.3. The highest BCUT2D eigenvalue weighted by atomic mass is 16.1. The SMILES string of the molecule is CCCCNC(=O)Cn1cccc1. The van der Waals surface area contributed by atoms with Gasteiger partial charge in [0.15, 0.2) is 0 Å². The van der Waals surface area contributed by atoms with E-state index in [9.17, 15) is 4.79 Å². The first kappa shape index (κ1) is 9.84. The molecule has 0 aromatic carbocycles. The van der Waals surface area contributed by atoms with Crippen LogP contribution in [0, 0.1) is 0 Å². The molecule has 1 amide bonds. The molecule has 13 heavy (non-hydrogen) atoms. The van der Waals surface area contributed by atoms with Crippen LogP contribution in [0.4, 0.5) is 0 Å². The Morgan fingerprint density at radius 2 is 2.08 bits per heavy atom. The molecule has 0 aliphatic carbocycles. The summed E-state index contributed by atoms with van der Waals surface area (Å²) in [5.74, 6) is 0.0876. The molecule has 1 heterocycles. The maximum Gasteiger partial charge on any atom is 0.239 e. The number of hydrogen-bond donors (Lipinski definition) is 1. The molecule has 3 heteroatoms. The van der Waals surface area contributed by atoms with Crippen molar-refractivity contribution in [1.29, 1.82) is 0 Å². The summed E-state index contributed by atoms with van der Waals surface area (Å²) in [6.07, 6.45) is 5.94. The summed E-state index contributed by atoms with van der Waals surface area (Å²) >= 11 is 0. The van der Waals surface area contributed by atoms with Crippen molar-refractivity contribution in [2.24, 2.45) is 0 Å². The average molecular weight is 180 g/mol. The first-order chi connectivity index (χ1) is 6.33. The van der Waals surface area contributed by atoms with Crippen molar-refractivity contribution < 1.29 is 4.79 Å². The second-order valence-electron chi connectivity index (χ2n) is 3.06. The Kier molecular flexibility index (Phi) is 4.09. The van der Waals surface area contributed by atoms with E-state index in [0.29, 0.717) is 6.54 Å². The number of unbranched alkanes of at least 4 members (excludes halogenated alkanes) is 1. The predicted molar refractivity (Wildman–Crippen MR) is 52.3 cm³/mol. The third-order valence-electron chi connectivity index (χ3n) is 1.84. The molecule has 0 aliphatic rings. The Balaban J connectivity index is 2.18. The van der Waals surface area contributed by atoms with Gasteiger partial charge in [0.1, 0.15) is 6.54 Å². The molecule has 0 aliphatic heterocycles. The van der Waals surface area contributed by atoms with Crippen LogP contribution in [-0.2, 0) is 11.3 Å². The lowest BCUT2D eigenvalue weighted by molar-refractivity contribution is -0.121. The number of carbonyl (C=O) groups excluding carboxylic acids is 1. The minimum Gasteiger partial charge on any atom is -0.355 e. The first-order valence-electron chi connectivity index (χ1n) is 4.70. The zero-order chi connectivity index (χ0) is 9.52. The van der Waals surface area contributed by atoms with Gasteiger partial charge < -0.3 is 9.88 Å². The second kappa shape index (κ2) is 5.41. The zero-order valence-electron chi connectivity index (χ0n) is 7.99. The van der Waals surface area contributed by atoms with Crippen molar-refractivity contribution >= 4 is 5.91 Å². The van der Waals surface area contributed by atoms with E-state index in [-0.39, 0.29) is 5.91 Å². The maximum atomic E-state index is 11.3. The molecule has 0 saturated heterocycles. The summed E-state index contributed by atoms with van der Waals surface area (Å²) in [7, 11) is 0. The molecule has 0 fully saturated rings. The van der Waals surface area contributed by atoms with Crippen molar-refractivity contribution in [3.05, 3.63) is 24.5 Å². The standard InChI is InChI=1S/C10H16N2O/c1-2-3-6-11-10(13)9-12-7-4-5-8-12/h4-5,7-8H,2-3,6,9H2,1H3,(H,11,13). The van der Waals surface area contributed by atoms with E-state index >= 15 is 0 Å². The van der Waals surface area contributed by atoms with Crippen LogP contribution in [0.15, 0.2) is 24.5 Å². The number of amides is 1. The predicted octanol–water partition coefficient (Wildman–Crippen LogP) is 1.40. The Labute approximate surface area is 78.8 Å². The molecule has 0 radical (unpaired) electrons. The van der Waals surface area contributed by atoms with Gasteiger partial charge in [-0.15, -0.1) is 0 Å². The third-order valence-corrected chi connectivity index (χ3v) is 1.84. The van der Waals surface area contributed by atoms with E-state index in [1.54, 1.807) is 0 Å². The monoisotopic (exact) mass is 180 g/mol. The number of nitrogens with one attached hydrogen (secondary N) is 1. The van der Waals surface area contributed by atoms with Crippen LogP contribution < -0.4 is 5.32 Å². The van der Waals surface area contributed by atoms with Crippen LogP contribution in [0.5, 0.6) is 0 Å². The topological polar surface area (TPSA) is 34.0 Å². The first-order valence-corrected chi connectivity index (χ1v) is 4.70. The molecule has 0 saturated carbocycles. The summed E-state index contributed by atoms with van der Waals surface area (Å²) in [5.41, 5.74) is 0. The molecular formula is C10H16N2O. The van der Waals surface area contributed by atoms with E-state index in [1.807, 2.05) is 29.1 Å². The Morgan fingerprint density at radius 1 is 1.38 bits per heavy atom. The lowest BCUT2D eigenvalue weighted by Crippen LogP contribution is -2.27. The van der Waals surface area contributed by atoms with Crippen molar-refractivity contribution in [1.82, 2.24) is 9.88 Å². The molecule has 1 aromatic heterocycles. The van der Waals surface area contributed by atoms with Crippen molar-refractivity contribution in [3.8, 4) is 0 Å². The molecule has 3 nitrogen and oxygen atoms in total. The van der Waals surface area contributed by atoms with Gasteiger partial charge in [-0.2, -0.15) is 0 Å². The average Bonchev–Trinajstić information content (AvgIpc) is 2.57. The van der Waals surface area contributed by atoms with Crippen LogP contribution in [0.2, 0.25) is 0 Å². The van der Waals surface area contributed by atoms with Crippen LogP contribution in [0.25, 0.3) is 0 Å². The summed E-state index contributed by atoms with van der Waals surface area (Å²) < 4.78 is 1.86. The molecule has 0 unspecified atom stereocenters. The van der Waals surface area contributed by atoms with E-state index in [1.165, 1.54) is 0 Å². The smallest absolute Gasteiger partial charge is 0.239 e. The van der Waals surface area contributed by atoms with Crippen molar-refractivity contribution in [2.45, 2.75) is 26.3 Å². The molecular weight excluding hydrogens is 164 g/mol. The number of rotatable bonds is 5. The van der Waals surface area contributed by atoms with E-state index in [4.69, 9.17) is 0 Å². The van der Waals surface area contributed by atoms with Gasteiger partial charge in [0.05, 0.1) is 0 Å². The van der Waals surface area contributed by atoms with Gasteiger partial charge in [0.25, 0.3) is 0 Å². The van der Waals surface area contributed by atoms with Gasteiger partial charge in [-0.3, -0.25) is 4.79 Å². The Bertz CT molecular complexity index is 241. The summed E-state index contributed by atoms with van der Waals surface area (Å²) in [5, 5.41) is 2.86. The molecule has 0 atom stereocenters. The van der Waals surface area contributed by atoms with Crippen LogP contribution in [0.3, 0.4) is 0 Å². The highest BCUT2D eigenvalue weighted by molar-refractivity contribution is 5.75. The number of hydrogen-bond acceptors (Lipinski definition) is 1. The van der Waals surface area contributed by atoms with Gasteiger partial charge in [-0.1, -0.05) is 13.3 Å².